The molecule has 0 unspecified atom stereocenters. The molecule has 1 aliphatic carbocycles. The molecule has 2 aromatic rings. The van der Waals surface area contributed by atoms with E-state index in [1.807, 2.05) is 24.3 Å². The Labute approximate surface area is 156 Å². The van der Waals surface area contributed by atoms with E-state index in [0.29, 0.717) is 18.3 Å². The molecule has 0 aliphatic heterocycles. The largest absolute Gasteiger partial charge is 0.474 e. The van der Waals surface area contributed by atoms with E-state index in [1.165, 1.54) is 5.56 Å². The average Bonchev–Trinajstić information content (AvgIpc) is 2.68. The topological polar surface area (TPSA) is 51.2 Å². The second-order valence-corrected chi connectivity index (χ2v) is 7.02. The van der Waals surface area contributed by atoms with Gasteiger partial charge in [0.15, 0.2) is 0 Å². The van der Waals surface area contributed by atoms with Gasteiger partial charge in [-0.25, -0.2) is 4.98 Å². The molecule has 0 spiro atoms. The number of ether oxygens (including phenoxy) is 1. The van der Waals surface area contributed by atoms with E-state index in [9.17, 15) is 4.79 Å². The van der Waals surface area contributed by atoms with E-state index >= 15 is 0 Å². The lowest BCUT2D eigenvalue weighted by atomic mass is 9.92. The van der Waals surface area contributed by atoms with Crippen LogP contribution in [-0.2, 0) is 11.2 Å². The van der Waals surface area contributed by atoms with Crippen LogP contribution in [0.1, 0.15) is 50.5 Å². The van der Waals surface area contributed by atoms with Crippen LogP contribution in [0.5, 0.6) is 5.88 Å². The van der Waals surface area contributed by atoms with E-state index in [4.69, 9.17) is 4.74 Å². The smallest absolute Gasteiger partial charge is 0.220 e. The van der Waals surface area contributed by atoms with Gasteiger partial charge in [-0.2, -0.15) is 0 Å². The highest BCUT2D eigenvalue weighted by molar-refractivity contribution is 5.76. The second kappa shape index (κ2) is 9.95. The highest BCUT2D eigenvalue weighted by Crippen LogP contribution is 2.23. The van der Waals surface area contributed by atoms with Crippen molar-refractivity contribution in [3.05, 3.63) is 60.3 Å². The first kappa shape index (κ1) is 18.4. The van der Waals surface area contributed by atoms with Crippen LogP contribution in [0.25, 0.3) is 0 Å². The fraction of sp³-hybridized carbons (Fsp3) is 0.455. The first-order valence-electron chi connectivity index (χ1n) is 9.70. The minimum absolute atomic E-state index is 0.187. The second-order valence-electron chi connectivity index (χ2n) is 7.02. The lowest BCUT2D eigenvalue weighted by Crippen LogP contribution is -2.39. The van der Waals surface area contributed by atoms with Crippen LogP contribution in [0.4, 0.5) is 0 Å². The van der Waals surface area contributed by atoms with Crippen molar-refractivity contribution in [3.8, 4) is 5.88 Å². The highest BCUT2D eigenvalue weighted by Gasteiger charge is 2.23. The third kappa shape index (κ3) is 6.17. The lowest BCUT2D eigenvalue weighted by molar-refractivity contribution is -0.122. The summed E-state index contributed by atoms with van der Waals surface area (Å²) in [5.74, 6) is 0.880. The number of rotatable bonds is 8. The van der Waals surface area contributed by atoms with Crippen LogP contribution < -0.4 is 10.1 Å². The molecule has 4 nitrogen and oxygen atoms in total. The molecule has 1 N–H and O–H groups in total. The summed E-state index contributed by atoms with van der Waals surface area (Å²) in [5, 5.41) is 3.19. The van der Waals surface area contributed by atoms with Gasteiger partial charge < -0.3 is 10.1 Å². The number of pyridine rings is 1. The van der Waals surface area contributed by atoms with Crippen LogP contribution in [-0.4, -0.2) is 23.0 Å². The number of aryl methyl sites for hydroxylation is 1. The maximum atomic E-state index is 12.1. The minimum atomic E-state index is 0.187. The summed E-state index contributed by atoms with van der Waals surface area (Å²) in [6, 6.07) is 16.5. The Balaban J connectivity index is 1.28. The van der Waals surface area contributed by atoms with Gasteiger partial charge in [-0.3, -0.25) is 4.79 Å². The van der Waals surface area contributed by atoms with Crippen LogP contribution in [0.3, 0.4) is 0 Å². The summed E-state index contributed by atoms with van der Waals surface area (Å²) >= 11 is 0. The third-order valence-corrected chi connectivity index (χ3v) is 4.93. The number of amides is 1. The monoisotopic (exact) mass is 352 g/mol. The molecule has 26 heavy (non-hydrogen) atoms. The molecular formula is C22H28N2O2. The molecule has 1 aliphatic rings. The van der Waals surface area contributed by atoms with Crippen LogP contribution in [0.15, 0.2) is 54.7 Å². The standard InChI is InChI=1S/C22H28N2O2/c25-21(11-5-4-10-18-8-2-1-3-9-18)24-19-13-15-20(16-14-19)26-22-12-6-7-17-23-22/h1-3,6-9,12,17,19-20H,4-5,10-11,13-16H2,(H,24,25). The molecule has 1 aromatic carbocycles. The average molecular weight is 352 g/mol. The van der Waals surface area contributed by atoms with Crippen molar-refractivity contribution < 1.29 is 9.53 Å². The van der Waals surface area contributed by atoms with Crippen molar-refractivity contribution in [3.63, 3.8) is 0 Å². The number of carbonyl (C=O) groups is 1. The summed E-state index contributed by atoms with van der Waals surface area (Å²) < 4.78 is 5.91. The number of unbranched alkanes of at least 4 members (excludes halogenated alkanes) is 1. The molecule has 1 amide bonds. The van der Waals surface area contributed by atoms with Gasteiger partial charge in [-0.05, 0) is 56.6 Å². The van der Waals surface area contributed by atoms with Crippen molar-refractivity contribution in [1.82, 2.24) is 10.3 Å². The van der Waals surface area contributed by atoms with E-state index in [0.717, 1.165) is 44.9 Å². The summed E-state index contributed by atoms with van der Waals surface area (Å²) in [4.78, 5) is 16.4. The van der Waals surface area contributed by atoms with E-state index in [1.54, 1.807) is 6.20 Å². The first-order chi connectivity index (χ1) is 12.8. The summed E-state index contributed by atoms with van der Waals surface area (Å²) in [7, 11) is 0. The Bertz CT molecular complexity index is 652. The predicted octanol–water partition coefficient (Wildman–Crippen LogP) is 4.30. The summed E-state index contributed by atoms with van der Waals surface area (Å²) in [5.41, 5.74) is 1.35. The molecule has 138 valence electrons. The van der Waals surface area contributed by atoms with Crippen LogP contribution in [0.2, 0.25) is 0 Å². The fourth-order valence-electron chi connectivity index (χ4n) is 3.47. The molecule has 0 saturated heterocycles. The zero-order chi connectivity index (χ0) is 18.0. The Kier molecular flexibility index (Phi) is 7.05. The Morgan fingerprint density at radius 2 is 1.77 bits per heavy atom. The van der Waals surface area contributed by atoms with Crippen molar-refractivity contribution in [2.75, 3.05) is 0 Å². The van der Waals surface area contributed by atoms with Crippen molar-refractivity contribution in [1.29, 1.82) is 0 Å². The van der Waals surface area contributed by atoms with Crippen molar-refractivity contribution >= 4 is 5.91 Å². The SMILES string of the molecule is O=C(CCCCc1ccccc1)NC1CCC(Oc2ccccn2)CC1. The first-order valence-corrected chi connectivity index (χ1v) is 9.70. The zero-order valence-electron chi connectivity index (χ0n) is 15.3. The predicted molar refractivity (Wildman–Crippen MR) is 103 cm³/mol. The Morgan fingerprint density at radius 1 is 1.00 bits per heavy atom. The molecular weight excluding hydrogens is 324 g/mol. The normalized spacial score (nSPS) is 19.7. The van der Waals surface area contributed by atoms with Gasteiger partial charge in [-0.15, -0.1) is 0 Å². The Hall–Kier alpha value is -2.36. The molecule has 1 fully saturated rings. The molecule has 1 aromatic heterocycles. The molecule has 3 rings (SSSR count). The van der Waals surface area contributed by atoms with Crippen molar-refractivity contribution in [2.24, 2.45) is 0 Å². The molecule has 1 heterocycles. The number of benzene rings is 1. The van der Waals surface area contributed by atoms with E-state index in [2.05, 4.69) is 34.6 Å². The number of nitrogens with one attached hydrogen (secondary N) is 1. The van der Waals surface area contributed by atoms with Gasteiger partial charge in [0.2, 0.25) is 11.8 Å². The van der Waals surface area contributed by atoms with E-state index < -0.39 is 0 Å². The van der Waals surface area contributed by atoms with Crippen LogP contribution >= 0.6 is 0 Å². The molecule has 0 atom stereocenters. The Morgan fingerprint density at radius 3 is 2.50 bits per heavy atom. The molecule has 0 bridgehead atoms. The highest BCUT2D eigenvalue weighted by atomic mass is 16.5. The lowest BCUT2D eigenvalue weighted by Gasteiger charge is -2.29. The number of aromatic nitrogens is 1. The van der Waals surface area contributed by atoms with Gasteiger partial charge in [0.25, 0.3) is 0 Å². The maximum absolute atomic E-state index is 12.1. The number of carbonyl (C=O) groups excluding carboxylic acids is 1. The summed E-state index contributed by atoms with van der Waals surface area (Å²) in [6.07, 6.45) is 9.52. The van der Waals surface area contributed by atoms with E-state index in [-0.39, 0.29) is 12.0 Å². The van der Waals surface area contributed by atoms with Gasteiger partial charge in [0.05, 0.1) is 0 Å². The number of hydrogen-bond acceptors (Lipinski definition) is 3. The number of hydrogen-bond donors (Lipinski definition) is 1. The number of nitrogens with zero attached hydrogens (tertiary/aromatic N) is 1. The van der Waals surface area contributed by atoms with Gasteiger partial charge >= 0.3 is 0 Å². The summed E-state index contributed by atoms with van der Waals surface area (Å²) in [6.45, 7) is 0. The van der Waals surface area contributed by atoms with Gasteiger partial charge in [-0.1, -0.05) is 36.4 Å². The zero-order valence-corrected chi connectivity index (χ0v) is 15.3. The van der Waals surface area contributed by atoms with Gasteiger partial charge in [0.1, 0.15) is 6.10 Å². The molecule has 1 saturated carbocycles. The molecule has 0 radical (unpaired) electrons. The van der Waals surface area contributed by atoms with Crippen LogP contribution in [0, 0.1) is 0 Å². The fourth-order valence-corrected chi connectivity index (χ4v) is 3.47. The van der Waals surface area contributed by atoms with Gasteiger partial charge in [0, 0.05) is 24.7 Å². The third-order valence-electron chi connectivity index (χ3n) is 4.93. The molecule has 4 heteroatoms. The quantitative estimate of drug-likeness (QED) is 0.721. The minimum Gasteiger partial charge on any atom is -0.474 e. The maximum Gasteiger partial charge on any atom is 0.220 e. The van der Waals surface area contributed by atoms with Crippen molar-refractivity contribution in [2.45, 2.75) is 63.5 Å².